The summed E-state index contributed by atoms with van der Waals surface area (Å²) in [5, 5.41) is 3.11. The molecule has 6 nitrogen and oxygen atoms in total. The zero-order valence-electron chi connectivity index (χ0n) is 18.8. The van der Waals surface area contributed by atoms with E-state index in [0.29, 0.717) is 36.0 Å². The van der Waals surface area contributed by atoms with Gasteiger partial charge in [0.1, 0.15) is 6.61 Å². The van der Waals surface area contributed by atoms with Gasteiger partial charge in [-0.2, -0.15) is 0 Å². The predicted octanol–water partition coefficient (Wildman–Crippen LogP) is 4.31. The minimum absolute atomic E-state index is 0. The number of methoxy groups -OCH3 is 2. The van der Waals surface area contributed by atoms with Gasteiger partial charge in [0, 0.05) is 17.6 Å². The molecular weight excluding hydrogens is 416 g/mol. The number of nitrogens with zero attached hydrogens (tertiary/aromatic N) is 1. The normalized spacial score (nSPS) is 14.6. The molecule has 0 radical (unpaired) electrons. The van der Waals surface area contributed by atoms with Gasteiger partial charge < -0.3 is 24.4 Å². The van der Waals surface area contributed by atoms with Crippen molar-refractivity contribution in [3.63, 3.8) is 0 Å². The van der Waals surface area contributed by atoms with Gasteiger partial charge in [0.15, 0.2) is 11.5 Å². The number of rotatable bonds is 9. The van der Waals surface area contributed by atoms with E-state index in [-0.39, 0.29) is 23.9 Å². The van der Waals surface area contributed by atoms with Gasteiger partial charge in [0.2, 0.25) is 5.75 Å². The van der Waals surface area contributed by atoms with E-state index in [2.05, 4.69) is 24.3 Å². The number of carbonyl (C=O) groups is 1. The summed E-state index contributed by atoms with van der Waals surface area (Å²) in [4.78, 5) is 15.1. The van der Waals surface area contributed by atoms with Crippen LogP contribution in [0.15, 0.2) is 42.5 Å². The van der Waals surface area contributed by atoms with Crippen LogP contribution >= 0.6 is 12.4 Å². The van der Waals surface area contributed by atoms with E-state index in [9.17, 15) is 4.79 Å². The summed E-state index contributed by atoms with van der Waals surface area (Å²) in [7, 11) is 7.29. The molecule has 1 aliphatic rings. The van der Waals surface area contributed by atoms with E-state index < -0.39 is 0 Å². The van der Waals surface area contributed by atoms with E-state index in [1.165, 1.54) is 12.8 Å². The minimum Gasteiger partial charge on any atom is -0.493 e. The minimum atomic E-state index is -0.144. The Morgan fingerprint density at radius 3 is 2.13 bits per heavy atom. The number of hydrogen-bond donors (Lipinski definition) is 1. The molecule has 0 aromatic heterocycles. The van der Waals surface area contributed by atoms with Crippen molar-refractivity contribution >= 4 is 18.3 Å². The van der Waals surface area contributed by atoms with E-state index in [1.807, 2.05) is 30.3 Å². The van der Waals surface area contributed by atoms with Crippen LogP contribution in [-0.4, -0.2) is 51.2 Å². The Balaban J connectivity index is 0.00000341. The third-order valence-electron chi connectivity index (χ3n) is 6.01. The number of ether oxygens (including phenoxy) is 3. The summed E-state index contributed by atoms with van der Waals surface area (Å²) in [6, 6.07) is 13.3. The van der Waals surface area contributed by atoms with Crippen molar-refractivity contribution in [1.82, 2.24) is 10.2 Å². The predicted molar refractivity (Wildman–Crippen MR) is 125 cm³/mol. The van der Waals surface area contributed by atoms with Crippen LogP contribution in [-0.2, 0) is 6.61 Å². The molecule has 1 aliphatic carbocycles. The maximum atomic E-state index is 12.9. The molecule has 1 fully saturated rings. The van der Waals surface area contributed by atoms with Crippen molar-refractivity contribution in [2.24, 2.45) is 0 Å². The van der Waals surface area contributed by atoms with Gasteiger partial charge in [-0.1, -0.05) is 43.2 Å². The Kier molecular flexibility index (Phi) is 9.01. The van der Waals surface area contributed by atoms with Crippen molar-refractivity contribution < 1.29 is 19.0 Å². The molecule has 31 heavy (non-hydrogen) atoms. The topological polar surface area (TPSA) is 60.0 Å². The maximum Gasteiger partial charge on any atom is 0.251 e. The van der Waals surface area contributed by atoms with Crippen LogP contribution in [0.2, 0.25) is 0 Å². The largest absolute Gasteiger partial charge is 0.493 e. The lowest BCUT2D eigenvalue weighted by Gasteiger charge is -2.36. The monoisotopic (exact) mass is 448 g/mol. The van der Waals surface area contributed by atoms with Gasteiger partial charge in [0.25, 0.3) is 5.91 Å². The number of carbonyl (C=O) groups excluding carboxylic acids is 1. The lowest BCUT2D eigenvalue weighted by atomic mass is 9.96. The molecule has 2 aromatic carbocycles. The molecule has 1 N–H and O–H groups in total. The SMILES string of the molecule is COc1cc(C(=O)NCC2(N(C)C)CCCC2)cc(OC)c1OCc1ccccc1.Cl. The fourth-order valence-electron chi connectivity index (χ4n) is 4.05. The van der Waals surface area contributed by atoms with Crippen LogP contribution in [0.3, 0.4) is 0 Å². The van der Waals surface area contributed by atoms with Crippen LogP contribution in [0.4, 0.5) is 0 Å². The second-order valence-corrected chi connectivity index (χ2v) is 7.99. The number of amides is 1. The molecule has 0 saturated heterocycles. The van der Waals surface area contributed by atoms with Crippen molar-refractivity contribution in [2.75, 3.05) is 34.9 Å². The highest BCUT2D eigenvalue weighted by atomic mass is 35.5. The Hall–Kier alpha value is -2.44. The fourth-order valence-corrected chi connectivity index (χ4v) is 4.05. The summed E-state index contributed by atoms with van der Waals surface area (Å²) in [5.74, 6) is 1.28. The van der Waals surface area contributed by atoms with E-state index >= 15 is 0 Å². The summed E-state index contributed by atoms with van der Waals surface area (Å²) in [6.07, 6.45) is 4.59. The number of likely N-dealkylation sites (N-methyl/N-ethyl adjacent to an activating group) is 1. The van der Waals surface area contributed by atoms with Crippen molar-refractivity contribution in [2.45, 2.75) is 37.8 Å². The summed E-state index contributed by atoms with van der Waals surface area (Å²) in [5.41, 5.74) is 1.55. The number of nitrogens with one attached hydrogen (secondary N) is 1. The van der Waals surface area contributed by atoms with Gasteiger partial charge >= 0.3 is 0 Å². The number of benzene rings is 2. The molecule has 0 unspecified atom stereocenters. The molecule has 1 saturated carbocycles. The summed E-state index contributed by atoms with van der Waals surface area (Å²) in [6.45, 7) is 1.00. The second-order valence-electron chi connectivity index (χ2n) is 7.99. The highest BCUT2D eigenvalue weighted by Gasteiger charge is 2.36. The third-order valence-corrected chi connectivity index (χ3v) is 6.01. The van der Waals surface area contributed by atoms with E-state index in [0.717, 1.165) is 18.4 Å². The van der Waals surface area contributed by atoms with Gasteiger partial charge in [-0.15, -0.1) is 12.4 Å². The molecule has 1 amide bonds. The summed E-state index contributed by atoms with van der Waals surface area (Å²) < 4.78 is 17.0. The van der Waals surface area contributed by atoms with Crippen molar-refractivity contribution in [1.29, 1.82) is 0 Å². The van der Waals surface area contributed by atoms with Gasteiger partial charge in [-0.3, -0.25) is 4.79 Å². The summed E-state index contributed by atoms with van der Waals surface area (Å²) >= 11 is 0. The number of hydrogen-bond acceptors (Lipinski definition) is 5. The lowest BCUT2D eigenvalue weighted by Crippen LogP contribution is -2.50. The van der Waals surface area contributed by atoms with Crippen molar-refractivity contribution in [3.8, 4) is 17.2 Å². The second kappa shape index (κ2) is 11.3. The molecule has 3 rings (SSSR count). The molecule has 170 valence electrons. The van der Waals surface area contributed by atoms with Crippen LogP contribution < -0.4 is 19.5 Å². The Morgan fingerprint density at radius 2 is 1.61 bits per heavy atom. The van der Waals surface area contributed by atoms with Gasteiger partial charge in [-0.05, 0) is 44.6 Å². The average Bonchev–Trinajstić information content (AvgIpc) is 3.26. The maximum absolute atomic E-state index is 12.9. The molecular formula is C24H33ClN2O4. The Bertz CT molecular complexity index is 827. The Labute approximate surface area is 191 Å². The molecule has 7 heteroatoms. The average molecular weight is 449 g/mol. The van der Waals surface area contributed by atoms with Crippen LogP contribution in [0.1, 0.15) is 41.6 Å². The third kappa shape index (κ3) is 5.83. The van der Waals surface area contributed by atoms with Gasteiger partial charge in [-0.25, -0.2) is 0 Å². The molecule has 0 bridgehead atoms. The first-order chi connectivity index (χ1) is 14.5. The quantitative estimate of drug-likeness (QED) is 0.619. The highest BCUT2D eigenvalue weighted by molar-refractivity contribution is 5.95. The number of halogens is 1. The molecule has 2 aromatic rings. The van der Waals surface area contributed by atoms with Crippen LogP contribution in [0.5, 0.6) is 17.2 Å². The zero-order valence-corrected chi connectivity index (χ0v) is 19.6. The first kappa shape index (κ1) is 24.8. The van der Waals surface area contributed by atoms with E-state index in [1.54, 1.807) is 26.4 Å². The molecule has 0 spiro atoms. The fraction of sp³-hybridized carbons (Fsp3) is 0.458. The standard InChI is InChI=1S/C24H32N2O4.ClH/c1-26(2)24(12-8-9-13-24)17-25-23(27)19-14-20(28-3)22(21(15-19)29-4)30-16-18-10-6-5-7-11-18;/h5-7,10-11,14-15H,8-9,12-13,16-17H2,1-4H3,(H,25,27);1H. The lowest BCUT2D eigenvalue weighted by molar-refractivity contribution is 0.0899. The highest BCUT2D eigenvalue weighted by Crippen LogP contribution is 2.39. The van der Waals surface area contributed by atoms with Crippen LogP contribution in [0, 0.1) is 0 Å². The first-order valence-electron chi connectivity index (χ1n) is 10.4. The van der Waals surface area contributed by atoms with Gasteiger partial charge in [0.05, 0.1) is 14.2 Å². The van der Waals surface area contributed by atoms with Crippen molar-refractivity contribution in [3.05, 3.63) is 53.6 Å². The molecule has 0 atom stereocenters. The Morgan fingerprint density at radius 1 is 1.03 bits per heavy atom. The van der Waals surface area contributed by atoms with Crippen LogP contribution in [0.25, 0.3) is 0 Å². The molecule has 0 aliphatic heterocycles. The van der Waals surface area contributed by atoms with E-state index in [4.69, 9.17) is 14.2 Å². The smallest absolute Gasteiger partial charge is 0.251 e. The zero-order chi connectivity index (χ0) is 21.6. The molecule has 0 heterocycles. The first-order valence-corrected chi connectivity index (χ1v) is 10.4.